The minimum atomic E-state index is 0.478. The first kappa shape index (κ1) is 32.9. The summed E-state index contributed by atoms with van der Waals surface area (Å²) in [4.78, 5) is 2.84. The SMILES string of the molecule is CCCCCCCC(CCCCCC)CCOC1C[C@@H](C)N(CC(CCCC)CCCC)[C@@H](C)C1. The molecule has 0 aromatic rings. The molecule has 1 aliphatic heterocycles. The summed E-state index contributed by atoms with van der Waals surface area (Å²) in [5.74, 6) is 1.78. The molecule has 0 aromatic heterocycles. The third kappa shape index (κ3) is 15.7. The lowest BCUT2D eigenvalue weighted by atomic mass is 9.89. The van der Waals surface area contributed by atoms with Gasteiger partial charge in [0, 0.05) is 25.2 Å². The van der Waals surface area contributed by atoms with Crippen LogP contribution >= 0.6 is 0 Å². The van der Waals surface area contributed by atoms with E-state index < -0.39 is 0 Å². The average Bonchev–Trinajstić information content (AvgIpc) is 2.84. The van der Waals surface area contributed by atoms with Gasteiger partial charge in [0.2, 0.25) is 0 Å². The Hall–Kier alpha value is -0.0800. The van der Waals surface area contributed by atoms with Gasteiger partial charge < -0.3 is 4.74 Å². The Balaban J connectivity index is 2.44. The molecule has 0 aliphatic carbocycles. The minimum absolute atomic E-state index is 0.478. The first-order valence-electron chi connectivity index (χ1n) is 16.4. The van der Waals surface area contributed by atoms with Gasteiger partial charge in [-0.25, -0.2) is 0 Å². The lowest BCUT2D eigenvalue weighted by Gasteiger charge is -2.44. The molecular weight excluding hydrogens is 426 g/mol. The second kappa shape index (κ2) is 22.0. The zero-order chi connectivity index (χ0) is 25.7. The second-order valence-corrected chi connectivity index (χ2v) is 12.2. The molecule has 1 aliphatic rings. The summed E-state index contributed by atoms with van der Waals surface area (Å²) < 4.78 is 6.58. The first-order chi connectivity index (χ1) is 17.0. The molecule has 0 bridgehead atoms. The van der Waals surface area contributed by atoms with Gasteiger partial charge in [0.25, 0.3) is 0 Å². The van der Waals surface area contributed by atoms with Gasteiger partial charge in [-0.3, -0.25) is 4.90 Å². The monoisotopic (exact) mass is 494 g/mol. The standard InChI is InChI=1S/C33H67NO/c1-7-11-15-17-19-23-31(22-18-16-12-8-2)24-25-35-33-26-29(5)34(30(6)27-33)28-32(20-13-9-3)21-14-10-4/h29-33H,7-28H2,1-6H3/t29-,30+,31?,33?. The van der Waals surface area contributed by atoms with E-state index >= 15 is 0 Å². The Morgan fingerprint density at radius 1 is 0.571 bits per heavy atom. The van der Waals surface area contributed by atoms with Crippen molar-refractivity contribution in [1.82, 2.24) is 4.90 Å². The average molecular weight is 494 g/mol. The summed E-state index contributed by atoms with van der Waals surface area (Å²) in [5, 5.41) is 0. The fourth-order valence-electron chi connectivity index (χ4n) is 6.40. The van der Waals surface area contributed by atoms with Crippen molar-refractivity contribution in [1.29, 1.82) is 0 Å². The van der Waals surface area contributed by atoms with Crippen LogP contribution in [-0.4, -0.2) is 36.2 Å². The molecule has 0 spiro atoms. The molecule has 0 saturated carbocycles. The third-order valence-electron chi connectivity index (χ3n) is 8.80. The summed E-state index contributed by atoms with van der Waals surface area (Å²) in [5.41, 5.74) is 0. The van der Waals surface area contributed by atoms with Gasteiger partial charge >= 0.3 is 0 Å². The van der Waals surface area contributed by atoms with Crippen molar-refractivity contribution >= 4 is 0 Å². The predicted molar refractivity (Wildman–Crippen MR) is 157 cm³/mol. The van der Waals surface area contributed by atoms with Crippen LogP contribution in [0.1, 0.15) is 170 Å². The Kier molecular flexibility index (Phi) is 20.7. The second-order valence-electron chi connectivity index (χ2n) is 12.2. The van der Waals surface area contributed by atoms with E-state index in [2.05, 4.69) is 46.4 Å². The molecule has 1 rings (SSSR count). The first-order valence-corrected chi connectivity index (χ1v) is 16.4. The lowest BCUT2D eigenvalue weighted by Crippen LogP contribution is -2.50. The Morgan fingerprint density at radius 2 is 1.03 bits per heavy atom. The van der Waals surface area contributed by atoms with Gasteiger partial charge in [0.15, 0.2) is 0 Å². The van der Waals surface area contributed by atoms with E-state index in [4.69, 9.17) is 4.74 Å². The fourth-order valence-corrected chi connectivity index (χ4v) is 6.40. The fraction of sp³-hybridized carbons (Fsp3) is 1.00. The van der Waals surface area contributed by atoms with E-state index in [-0.39, 0.29) is 0 Å². The van der Waals surface area contributed by atoms with E-state index in [0.717, 1.165) is 18.4 Å². The molecule has 2 unspecified atom stereocenters. The molecule has 4 atom stereocenters. The molecule has 0 N–H and O–H groups in total. The molecule has 0 aromatic carbocycles. The highest BCUT2D eigenvalue weighted by atomic mass is 16.5. The van der Waals surface area contributed by atoms with Crippen LogP contribution in [0, 0.1) is 11.8 Å². The summed E-state index contributed by atoms with van der Waals surface area (Å²) in [7, 11) is 0. The number of hydrogen-bond acceptors (Lipinski definition) is 2. The Labute approximate surface area is 222 Å². The van der Waals surface area contributed by atoms with Crippen molar-refractivity contribution in [2.75, 3.05) is 13.2 Å². The zero-order valence-electron chi connectivity index (χ0n) is 25.3. The summed E-state index contributed by atoms with van der Waals surface area (Å²) in [6, 6.07) is 1.33. The Bertz CT molecular complexity index is 432. The highest BCUT2D eigenvalue weighted by molar-refractivity contribution is 4.86. The molecule has 2 nitrogen and oxygen atoms in total. The summed E-state index contributed by atoms with van der Waals surface area (Å²) in [6.07, 6.45) is 28.1. The normalized spacial score (nSPS) is 22.2. The van der Waals surface area contributed by atoms with E-state index in [1.54, 1.807) is 0 Å². The van der Waals surface area contributed by atoms with Crippen molar-refractivity contribution in [2.45, 2.75) is 188 Å². The summed E-state index contributed by atoms with van der Waals surface area (Å²) >= 11 is 0. The highest BCUT2D eigenvalue weighted by Crippen LogP contribution is 2.29. The molecule has 210 valence electrons. The smallest absolute Gasteiger partial charge is 0.0604 e. The maximum Gasteiger partial charge on any atom is 0.0604 e. The van der Waals surface area contributed by atoms with Crippen molar-refractivity contribution in [3.8, 4) is 0 Å². The molecule has 1 heterocycles. The molecule has 1 saturated heterocycles. The van der Waals surface area contributed by atoms with Crippen LogP contribution in [0.15, 0.2) is 0 Å². The van der Waals surface area contributed by atoms with Crippen molar-refractivity contribution in [3.05, 3.63) is 0 Å². The van der Waals surface area contributed by atoms with Crippen LogP contribution in [0.3, 0.4) is 0 Å². The van der Waals surface area contributed by atoms with E-state index in [1.807, 2.05) is 0 Å². The molecule has 2 heteroatoms. The molecule has 0 amide bonds. The van der Waals surface area contributed by atoms with E-state index in [0.29, 0.717) is 18.2 Å². The third-order valence-corrected chi connectivity index (χ3v) is 8.80. The van der Waals surface area contributed by atoms with Crippen molar-refractivity contribution in [2.24, 2.45) is 11.8 Å². The van der Waals surface area contributed by atoms with Gasteiger partial charge in [-0.1, -0.05) is 124 Å². The van der Waals surface area contributed by atoms with Crippen LogP contribution in [0.4, 0.5) is 0 Å². The summed E-state index contributed by atoms with van der Waals surface area (Å²) in [6.45, 7) is 16.6. The van der Waals surface area contributed by atoms with Crippen molar-refractivity contribution < 1.29 is 4.74 Å². The van der Waals surface area contributed by atoms with Gasteiger partial charge in [0.05, 0.1) is 6.10 Å². The predicted octanol–water partition coefficient (Wildman–Crippen LogP) is 10.6. The molecule has 0 radical (unpaired) electrons. The van der Waals surface area contributed by atoms with Gasteiger partial charge in [-0.05, 0) is 57.8 Å². The molecular formula is C33H67NO. The number of likely N-dealkylation sites (tertiary alicyclic amines) is 1. The van der Waals surface area contributed by atoms with Crippen LogP contribution in [0.5, 0.6) is 0 Å². The van der Waals surface area contributed by atoms with Gasteiger partial charge in [-0.15, -0.1) is 0 Å². The van der Waals surface area contributed by atoms with Crippen LogP contribution in [0.25, 0.3) is 0 Å². The number of unbranched alkanes of at least 4 members (excludes halogenated alkanes) is 9. The highest BCUT2D eigenvalue weighted by Gasteiger charge is 2.32. The number of nitrogens with zero attached hydrogens (tertiary/aromatic N) is 1. The topological polar surface area (TPSA) is 12.5 Å². The zero-order valence-corrected chi connectivity index (χ0v) is 25.3. The lowest BCUT2D eigenvalue weighted by molar-refractivity contribution is -0.0427. The number of rotatable bonds is 23. The van der Waals surface area contributed by atoms with Gasteiger partial charge in [-0.2, -0.15) is 0 Å². The Morgan fingerprint density at radius 3 is 1.54 bits per heavy atom. The maximum absolute atomic E-state index is 6.58. The quantitative estimate of drug-likeness (QED) is 0.131. The number of piperidine rings is 1. The van der Waals surface area contributed by atoms with Crippen molar-refractivity contribution in [3.63, 3.8) is 0 Å². The maximum atomic E-state index is 6.58. The van der Waals surface area contributed by atoms with Crippen LogP contribution < -0.4 is 0 Å². The largest absolute Gasteiger partial charge is 0.378 e. The van der Waals surface area contributed by atoms with E-state index in [1.165, 1.54) is 135 Å². The van der Waals surface area contributed by atoms with Crippen LogP contribution in [0.2, 0.25) is 0 Å². The van der Waals surface area contributed by atoms with E-state index in [9.17, 15) is 0 Å². The molecule has 1 fully saturated rings. The molecule has 35 heavy (non-hydrogen) atoms. The van der Waals surface area contributed by atoms with Crippen LogP contribution in [-0.2, 0) is 4.74 Å². The number of ether oxygens (including phenoxy) is 1. The number of hydrogen-bond donors (Lipinski definition) is 0. The minimum Gasteiger partial charge on any atom is -0.378 e. The van der Waals surface area contributed by atoms with Gasteiger partial charge in [0.1, 0.15) is 0 Å².